The summed E-state index contributed by atoms with van der Waals surface area (Å²) in [5.41, 5.74) is 6.27. The van der Waals surface area contributed by atoms with Crippen molar-refractivity contribution in [3.8, 4) is 0 Å². The molecule has 0 unspecified atom stereocenters. The maximum Gasteiger partial charge on any atom is 0.235 e. The predicted octanol–water partition coefficient (Wildman–Crippen LogP) is 1.43. The lowest BCUT2D eigenvalue weighted by molar-refractivity contribution is 0.217. The number of allylic oxidation sites excluding steroid dienone is 4. The Bertz CT molecular complexity index is 419. The van der Waals surface area contributed by atoms with Crippen LogP contribution in [0.1, 0.15) is 12.8 Å². The SMILES string of the molecule is N=C(N)NC1=COC=C(C2=CC=CCC2)O1. The van der Waals surface area contributed by atoms with Crippen LogP contribution in [0, 0.1) is 5.41 Å². The number of nitrogens with one attached hydrogen (secondary N) is 2. The molecule has 16 heavy (non-hydrogen) atoms. The van der Waals surface area contributed by atoms with Gasteiger partial charge in [0.15, 0.2) is 18.0 Å². The fraction of sp³-hybridized carbons (Fsp3) is 0.182. The van der Waals surface area contributed by atoms with Crippen molar-refractivity contribution in [1.29, 1.82) is 5.41 Å². The van der Waals surface area contributed by atoms with E-state index < -0.39 is 0 Å². The standard InChI is InChI=1S/C11H13N3O2/c12-11(13)14-10-7-15-6-9(16-10)8-4-2-1-3-5-8/h1-2,4,6-7H,3,5H2,(H4,12,13,14). The summed E-state index contributed by atoms with van der Waals surface area (Å²) in [5.74, 6) is 0.782. The molecule has 5 nitrogen and oxygen atoms in total. The molecular weight excluding hydrogens is 206 g/mol. The molecule has 0 spiro atoms. The number of rotatable bonds is 2. The van der Waals surface area contributed by atoms with Crippen LogP contribution in [0.3, 0.4) is 0 Å². The van der Waals surface area contributed by atoms with Crippen LogP contribution in [0.2, 0.25) is 0 Å². The lowest BCUT2D eigenvalue weighted by Crippen LogP contribution is -2.31. The van der Waals surface area contributed by atoms with Gasteiger partial charge < -0.3 is 15.2 Å². The largest absolute Gasteiger partial charge is 0.463 e. The van der Waals surface area contributed by atoms with E-state index in [1.807, 2.05) is 12.2 Å². The third-order valence-corrected chi connectivity index (χ3v) is 2.16. The maximum atomic E-state index is 7.09. The van der Waals surface area contributed by atoms with Gasteiger partial charge in [-0.15, -0.1) is 0 Å². The molecule has 0 fully saturated rings. The first kappa shape index (κ1) is 10.4. The molecule has 0 radical (unpaired) electrons. The average Bonchev–Trinajstić information content (AvgIpc) is 2.30. The van der Waals surface area contributed by atoms with Crippen molar-refractivity contribution in [2.24, 2.45) is 5.73 Å². The van der Waals surface area contributed by atoms with Crippen LogP contribution in [0.4, 0.5) is 0 Å². The number of nitrogens with two attached hydrogens (primary N) is 1. The molecule has 84 valence electrons. The molecule has 2 rings (SSSR count). The smallest absolute Gasteiger partial charge is 0.235 e. The molecule has 0 amide bonds. The van der Waals surface area contributed by atoms with Crippen LogP contribution in [-0.4, -0.2) is 5.96 Å². The van der Waals surface area contributed by atoms with Crippen molar-refractivity contribution in [3.63, 3.8) is 0 Å². The number of hydrogen-bond acceptors (Lipinski definition) is 3. The summed E-state index contributed by atoms with van der Waals surface area (Å²) >= 11 is 0. The Kier molecular flexibility index (Phi) is 2.95. The molecule has 1 aliphatic heterocycles. The topological polar surface area (TPSA) is 80.4 Å². The van der Waals surface area contributed by atoms with E-state index in [4.69, 9.17) is 20.6 Å². The van der Waals surface area contributed by atoms with Gasteiger partial charge in [-0.3, -0.25) is 10.7 Å². The van der Waals surface area contributed by atoms with E-state index in [2.05, 4.69) is 11.4 Å². The molecular formula is C11H13N3O2. The van der Waals surface area contributed by atoms with Gasteiger partial charge in [0.2, 0.25) is 5.88 Å². The number of hydrogen-bond donors (Lipinski definition) is 3. The molecule has 1 aliphatic carbocycles. The molecule has 0 saturated carbocycles. The highest BCUT2D eigenvalue weighted by molar-refractivity contribution is 5.75. The van der Waals surface area contributed by atoms with Crippen LogP contribution in [-0.2, 0) is 9.47 Å². The van der Waals surface area contributed by atoms with Gasteiger partial charge in [0, 0.05) is 0 Å². The summed E-state index contributed by atoms with van der Waals surface area (Å²) in [6, 6.07) is 0. The van der Waals surface area contributed by atoms with E-state index in [0.717, 1.165) is 18.4 Å². The second-order valence-corrected chi connectivity index (χ2v) is 3.40. The zero-order valence-corrected chi connectivity index (χ0v) is 8.69. The average molecular weight is 219 g/mol. The van der Waals surface area contributed by atoms with Gasteiger partial charge in [-0.1, -0.05) is 18.2 Å². The van der Waals surface area contributed by atoms with E-state index in [0.29, 0.717) is 11.6 Å². The first-order valence-electron chi connectivity index (χ1n) is 4.96. The van der Waals surface area contributed by atoms with Gasteiger partial charge >= 0.3 is 0 Å². The summed E-state index contributed by atoms with van der Waals surface area (Å²) in [6.45, 7) is 0. The van der Waals surface area contributed by atoms with E-state index in [1.54, 1.807) is 0 Å². The van der Waals surface area contributed by atoms with Gasteiger partial charge in [-0.05, 0) is 18.4 Å². The zero-order valence-electron chi connectivity index (χ0n) is 8.69. The Hall–Kier alpha value is -2.17. The summed E-state index contributed by atoms with van der Waals surface area (Å²) in [4.78, 5) is 0. The molecule has 0 aromatic rings. The van der Waals surface area contributed by atoms with E-state index in [9.17, 15) is 0 Å². The van der Waals surface area contributed by atoms with Gasteiger partial charge in [0.25, 0.3) is 0 Å². The van der Waals surface area contributed by atoms with Crippen molar-refractivity contribution < 1.29 is 9.47 Å². The molecule has 0 bridgehead atoms. The van der Waals surface area contributed by atoms with Crippen LogP contribution < -0.4 is 11.1 Å². The van der Waals surface area contributed by atoms with Crippen LogP contribution >= 0.6 is 0 Å². The van der Waals surface area contributed by atoms with Gasteiger partial charge in [-0.2, -0.15) is 0 Å². The minimum atomic E-state index is -0.186. The second kappa shape index (κ2) is 4.57. The third-order valence-electron chi connectivity index (χ3n) is 2.16. The fourth-order valence-corrected chi connectivity index (χ4v) is 1.46. The van der Waals surface area contributed by atoms with Crippen molar-refractivity contribution in [3.05, 3.63) is 48.0 Å². The third kappa shape index (κ3) is 2.44. The Balaban J connectivity index is 2.03. The van der Waals surface area contributed by atoms with Crippen molar-refractivity contribution in [2.45, 2.75) is 12.8 Å². The highest BCUT2D eigenvalue weighted by Crippen LogP contribution is 2.24. The van der Waals surface area contributed by atoms with Crippen LogP contribution in [0.15, 0.2) is 48.0 Å². The minimum Gasteiger partial charge on any atom is -0.463 e. The zero-order chi connectivity index (χ0) is 11.4. The summed E-state index contributed by atoms with van der Waals surface area (Å²) in [5, 5.41) is 9.63. The Morgan fingerprint density at radius 1 is 1.44 bits per heavy atom. The molecule has 2 aliphatic rings. The minimum absolute atomic E-state index is 0.186. The van der Waals surface area contributed by atoms with Gasteiger partial charge in [0.05, 0.1) is 0 Å². The van der Waals surface area contributed by atoms with Crippen molar-refractivity contribution >= 4 is 5.96 Å². The Labute approximate surface area is 93.4 Å². The van der Waals surface area contributed by atoms with Crippen molar-refractivity contribution in [2.75, 3.05) is 0 Å². The predicted molar refractivity (Wildman–Crippen MR) is 59.8 cm³/mol. The van der Waals surface area contributed by atoms with Crippen molar-refractivity contribution in [1.82, 2.24) is 5.32 Å². The monoisotopic (exact) mass is 219 g/mol. The highest BCUT2D eigenvalue weighted by Gasteiger charge is 2.15. The molecule has 0 saturated heterocycles. The molecule has 4 N–H and O–H groups in total. The highest BCUT2D eigenvalue weighted by atomic mass is 16.6. The summed E-state index contributed by atoms with van der Waals surface area (Å²) in [7, 11) is 0. The van der Waals surface area contributed by atoms with E-state index in [1.165, 1.54) is 12.5 Å². The summed E-state index contributed by atoms with van der Waals surface area (Å²) < 4.78 is 10.6. The van der Waals surface area contributed by atoms with Gasteiger partial charge in [0.1, 0.15) is 6.26 Å². The first-order valence-corrected chi connectivity index (χ1v) is 4.96. The van der Waals surface area contributed by atoms with Crippen LogP contribution in [0.25, 0.3) is 0 Å². The fourth-order valence-electron chi connectivity index (χ4n) is 1.46. The Morgan fingerprint density at radius 3 is 3.00 bits per heavy atom. The lowest BCUT2D eigenvalue weighted by Gasteiger charge is -2.19. The normalized spacial score (nSPS) is 18.6. The first-order chi connectivity index (χ1) is 7.75. The Morgan fingerprint density at radius 2 is 2.31 bits per heavy atom. The van der Waals surface area contributed by atoms with E-state index in [-0.39, 0.29) is 5.96 Å². The summed E-state index contributed by atoms with van der Waals surface area (Å²) in [6.07, 6.45) is 10.9. The second-order valence-electron chi connectivity index (χ2n) is 3.40. The quantitative estimate of drug-likeness (QED) is 0.485. The number of guanidine groups is 1. The van der Waals surface area contributed by atoms with Crippen LogP contribution in [0.5, 0.6) is 0 Å². The molecule has 5 heteroatoms. The molecule has 1 heterocycles. The number of ether oxygens (including phenoxy) is 2. The maximum absolute atomic E-state index is 7.09. The van der Waals surface area contributed by atoms with E-state index >= 15 is 0 Å². The molecule has 0 aromatic heterocycles. The molecule has 0 aromatic carbocycles. The lowest BCUT2D eigenvalue weighted by atomic mass is 10.0. The van der Waals surface area contributed by atoms with Gasteiger partial charge in [-0.25, -0.2) is 0 Å². The molecule has 0 atom stereocenters.